The molecule has 118 valence electrons. The van der Waals surface area contributed by atoms with E-state index in [4.69, 9.17) is 9.47 Å². The highest BCUT2D eigenvalue weighted by atomic mass is 19.1. The van der Waals surface area contributed by atoms with E-state index in [1.165, 1.54) is 25.6 Å². The van der Waals surface area contributed by atoms with Crippen molar-refractivity contribution < 1.29 is 18.7 Å². The maximum absolute atomic E-state index is 13.7. The summed E-state index contributed by atoms with van der Waals surface area (Å²) in [5.41, 5.74) is 1.53. The minimum Gasteiger partial charge on any atom is -0.494 e. The Morgan fingerprint density at radius 3 is 2.87 bits per heavy atom. The SMILES string of the molecule is COc1ccc([C@H](C)OC(=O)c2ccc3nncn3c2)cc1F. The van der Waals surface area contributed by atoms with Crippen molar-refractivity contribution in [1.29, 1.82) is 0 Å². The Balaban J connectivity index is 1.77. The summed E-state index contributed by atoms with van der Waals surface area (Å²) in [4.78, 5) is 12.2. The molecular weight excluding hydrogens is 301 g/mol. The number of aromatic nitrogens is 3. The molecule has 7 heteroatoms. The highest BCUT2D eigenvalue weighted by Crippen LogP contribution is 2.24. The molecule has 0 aliphatic rings. The maximum Gasteiger partial charge on any atom is 0.340 e. The molecule has 0 fully saturated rings. The zero-order chi connectivity index (χ0) is 16.4. The maximum atomic E-state index is 13.7. The Labute approximate surface area is 131 Å². The monoisotopic (exact) mass is 315 g/mol. The van der Waals surface area contributed by atoms with Gasteiger partial charge in [-0.1, -0.05) is 6.07 Å². The Hall–Kier alpha value is -2.96. The van der Waals surface area contributed by atoms with E-state index in [1.54, 1.807) is 35.7 Å². The Morgan fingerprint density at radius 1 is 1.30 bits per heavy atom. The molecule has 0 unspecified atom stereocenters. The number of carbonyl (C=O) groups excluding carboxylic acids is 1. The molecule has 3 aromatic rings. The zero-order valence-electron chi connectivity index (χ0n) is 12.6. The molecule has 0 saturated carbocycles. The van der Waals surface area contributed by atoms with Crippen LogP contribution in [0.3, 0.4) is 0 Å². The standard InChI is InChI=1S/C16H14FN3O3/c1-10(11-3-5-14(22-2)13(17)7-11)23-16(21)12-4-6-15-19-18-9-20(15)8-12/h3-10H,1-2H3/t10-/m0/s1. The average Bonchev–Trinajstić information content (AvgIpc) is 3.02. The third kappa shape index (κ3) is 2.98. The van der Waals surface area contributed by atoms with Gasteiger partial charge >= 0.3 is 5.97 Å². The highest BCUT2D eigenvalue weighted by molar-refractivity contribution is 5.89. The molecule has 6 nitrogen and oxygen atoms in total. The van der Waals surface area contributed by atoms with E-state index in [-0.39, 0.29) is 5.75 Å². The van der Waals surface area contributed by atoms with Gasteiger partial charge in [0.2, 0.25) is 0 Å². The Bertz CT molecular complexity index is 863. The van der Waals surface area contributed by atoms with Crippen LogP contribution in [0, 0.1) is 5.82 Å². The Morgan fingerprint density at radius 2 is 2.13 bits per heavy atom. The third-order valence-corrected chi connectivity index (χ3v) is 3.46. The van der Waals surface area contributed by atoms with Gasteiger partial charge in [0.1, 0.15) is 12.4 Å². The number of benzene rings is 1. The van der Waals surface area contributed by atoms with Crippen LogP contribution in [0.5, 0.6) is 5.75 Å². The topological polar surface area (TPSA) is 65.7 Å². The van der Waals surface area contributed by atoms with Crippen molar-refractivity contribution >= 4 is 11.6 Å². The molecule has 0 radical (unpaired) electrons. The van der Waals surface area contributed by atoms with E-state index in [2.05, 4.69) is 10.2 Å². The van der Waals surface area contributed by atoms with Crippen molar-refractivity contribution in [3.63, 3.8) is 0 Å². The van der Waals surface area contributed by atoms with Gasteiger partial charge in [-0.05, 0) is 36.8 Å². The number of pyridine rings is 1. The number of methoxy groups -OCH3 is 1. The number of nitrogens with zero attached hydrogens (tertiary/aromatic N) is 3. The molecule has 0 saturated heterocycles. The molecule has 0 spiro atoms. The molecule has 0 aliphatic heterocycles. The second-order valence-electron chi connectivity index (χ2n) is 4.96. The van der Waals surface area contributed by atoms with E-state index >= 15 is 0 Å². The summed E-state index contributed by atoms with van der Waals surface area (Å²) in [6.07, 6.45) is 2.48. The van der Waals surface area contributed by atoms with E-state index in [9.17, 15) is 9.18 Å². The molecule has 0 amide bonds. The van der Waals surface area contributed by atoms with Crippen LogP contribution in [0.15, 0.2) is 42.9 Å². The molecule has 2 aromatic heterocycles. The predicted molar refractivity (Wildman–Crippen MR) is 79.8 cm³/mol. The van der Waals surface area contributed by atoms with Crippen LogP contribution >= 0.6 is 0 Å². The van der Waals surface area contributed by atoms with E-state index in [1.807, 2.05) is 0 Å². The zero-order valence-corrected chi connectivity index (χ0v) is 12.6. The first-order valence-electron chi connectivity index (χ1n) is 6.92. The van der Waals surface area contributed by atoms with Crippen molar-refractivity contribution in [3.8, 4) is 5.75 Å². The largest absolute Gasteiger partial charge is 0.494 e. The second-order valence-corrected chi connectivity index (χ2v) is 4.96. The van der Waals surface area contributed by atoms with Crippen molar-refractivity contribution in [2.24, 2.45) is 0 Å². The van der Waals surface area contributed by atoms with Gasteiger partial charge in [-0.25, -0.2) is 9.18 Å². The summed E-state index contributed by atoms with van der Waals surface area (Å²) in [5.74, 6) is -0.867. The number of halogens is 1. The van der Waals surface area contributed by atoms with Gasteiger partial charge in [-0.2, -0.15) is 0 Å². The van der Waals surface area contributed by atoms with Crippen LogP contribution in [0.4, 0.5) is 4.39 Å². The molecule has 0 N–H and O–H groups in total. The molecule has 1 atom stereocenters. The molecule has 3 rings (SSSR count). The van der Waals surface area contributed by atoms with Crippen molar-refractivity contribution in [2.45, 2.75) is 13.0 Å². The normalized spacial score (nSPS) is 12.1. The fraction of sp³-hybridized carbons (Fsp3) is 0.188. The van der Waals surface area contributed by atoms with Crippen LogP contribution < -0.4 is 4.74 Å². The quantitative estimate of drug-likeness (QED) is 0.693. The molecule has 1 aromatic carbocycles. The van der Waals surface area contributed by atoms with Crippen LogP contribution in [0.1, 0.15) is 28.9 Å². The summed E-state index contributed by atoms with van der Waals surface area (Å²) in [6, 6.07) is 7.72. The van der Waals surface area contributed by atoms with E-state index in [0.29, 0.717) is 16.8 Å². The van der Waals surface area contributed by atoms with Gasteiger partial charge in [0.05, 0.1) is 12.7 Å². The van der Waals surface area contributed by atoms with Crippen LogP contribution in [0.2, 0.25) is 0 Å². The molecule has 2 heterocycles. The lowest BCUT2D eigenvalue weighted by molar-refractivity contribution is 0.0336. The smallest absolute Gasteiger partial charge is 0.340 e. The number of rotatable bonds is 4. The van der Waals surface area contributed by atoms with Crippen LogP contribution in [0.25, 0.3) is 5.65 Å². The lowest BCUT2D eigenvalue weighted by atomic mass is 10.1. The third-order valence-electron chi connectivity index (χ3n) is 3.46. The first kappa shape index (κ1) is 15.0. The summed E-state index contributed by atoms with van der Waals surface area (Å²) in [5, 5.41) is 7.60. The number of fused-ring (bicyclic) bond motifs is 1. The van der Waals surface area contributed by atoms with Crippen molar-refractivity contribution in [3.05, 3.63) is 59.8 Å². The highest BCUT2D eigenvalue weighted by Gasteiger charge is 2.16. The average molecular weight is 315 g/mol. The first-order valence-corrected chi connectivity index (χ1v) is 6.92. The summed E-state index contributed by atoms with van der Waals surface area (Å²) >= 11 is 0. The van der Waals surface area contributed by atoms with Gasteiger partial charge in [-0.3, -0.25) is 4.40 Å². The van der Waals surface area contributed by atoms with Crippen molar-refractivity contribution in [1.82, 2.24) is 14.6 Å². The van der Waals surface area contributed by atoms with E-state index < -0.39 is 17.9 Å². The minimum atomic E-state index is -0.598. The molecule has 0 bridgehead atoms. The summed E-state index contributed by atoms with van der Waals surface area (Å²) in [6.45, 7) is 1.68. The summed E-state index contributed by atoms with van der Waals surface area (Å²) in [7, 11) is 1.39. The first-order chi connectivity index (χ1) is 11.1. The fourth-order valence-corrected chi connectivity index (χ4v) is 2.18. The Kier molecular flexibility index (Phi) is 3.92. The molecule has 23 heavy (non-hydrogen) atoms. The number of carbonyl (C=O) groups is 1. The number of esters is 1. The minimum absolute atomic E-state index is 0.144. The lowest BCUT2D eigenvalue weighted by Gasteiger charge is -2.14. The van der Waals surface area contributed by atoms with Crippen LogP contribution in [-0.2, 0) is 4.74 Å². The van der Waals surface area contributed by atoms with Gasteiger partial charge in [0.25, 0.3) is 0 Å². The number of ether oxygens (including phenoxy) is 2. The van der Waals surface area contributed by atoms with Gasteiger partial charge in [0, 0.05) is 6.20 Å². The van der Waals surface area contributed by atoms with Gasteiger partial charge in [0.15, 0.2) is 17.2 Å². The number of hydrogen-bond acceptors (Lipinski definition) is 5. The second kappa shape index (κ2) is 6.04. The molecule has 0 aliphatic carbocycles. The number of hydrogen-bond donors (Lipinski definition) is 0. The summed E-state index contributed by atoms with van der Waals surface area (Å²) < 4.78 is 25.6. The van der Waals surface area contributed by atoms with Gasteiger partial charge < -0.3 is 9.47 Å². The van der Waals surface area contributed by atoms with Crippen LogP contribution in [-0.4, -0.2) is 27.7 Å². The van der Waals surface area contributed by atoms with E-state index in [0.717, 1.165) is 0 Å². The predicted octanol–water partition coefficient (Wildman–Crippen LogP) is 2.80. The van der Waals surface area contributed by atoms with Crippen molar-refractivity contribution in [2.75, 3.05) is 7.11 Å². The molecular formula is C16H14FN3O3. The lowest BCUT2D eigenvalue weighted by Crippen LogP contribution is -2.10. The van der Waals surface area contributed by atoms with Gasteiger partial charge in [-0.15, -0.1) is 10.2 Å². The fourth-order valence-electron chi connectivity index (χ4n) is 2.18.